The molecule has 5 nitrogen and oxygen atoms in total. The molecule has 0 aliphatic heterocycles. The monoisotopic (exact) mass is 322 g/mol. The summed E-state index contributed by atoms with van der Waals surface area (Å²) in [7, 11) is 0. The van der Waals surface area contributed by atoms with Crippen LogP contribution in [0.4, 0.5) is 11.6 Å². The molecule has 120 valence electrons. The highest BCUT2D eigenvalue weighted by Gasteiger charge is 2.13. The lowest BCUT2D eigenvalue weighted by atomic mass is 10.3. The first-order valence-electron chi connectivity index (χ1n) is 7.45. The van der Waals surface area contributed by atoms with Gasteiger partial charge in [-0.05, 0) is 32.4 Å². The van der Waals surface area contributed by atoms with Gasteiger partial charge in [0.2, 0.25) is 5.95 Å². The van der Waals surface area contributed by atoms with Crippen molar-refractivity contribution in [3.05, 3.63) is 46.6 Å². The van der Waals surface area contributed by atoms with Crippen molar-refractivity contribution in [3.8, 4) is 0 Å². The van der Waals surface area contributed by atoms with Crippen LogP contribution in [0.1, 0.15) is 32.5 Å². The molecule has 0 aliphatic carbocycles. The van der Waals surface area contributed by atoms with E-state index in [4.69, 9.17) is 0 Å². The number of hydrogen-bond acceptors (Lipinski definition) is 4. The first kappa shape index (κ1) is 18.2. The minimum absolute atomic E-state index is 0. The minimum atomic E-state index is -0.222. The quantitative estimate of drug-likeness (QED) is 0.818. The van der Waals surface area contributed by atoms with Crippen LogP contribution in [0.2, 0.25) is 0 Å². The summed E-state index contributed by atoms with van der Waals surface area (Å²) in [6.07, 6.45) is 2.00. The molecule has 22 heavy (non-hydrogen) atoms. The van der Waals surface area contributed by atoms with Crippen LogP contribution in [0.5, 0.6) is 0 Å². The first-order chi connectivity index (χ1) is 10.2. The number of aromatic nitrogens is 3. The fourth-order valence-corrected chi connectivity index (χ4v) is 2.26. The zero-order valence-corrected chi connectivity index (χ0v) is 14.1. The Morgan fingerprint density at radius 3 is 2.36 bits per heavy atom. The van der Waals surface area contributed by atoms with Gasteiger partial charge in [-0.25, -0.2) is 4.79 Å². The van der Waals surface area contributed by atoms with Crippen LogP contribution in [-0.2, 0) is 6.54 Å². The van der Waals surface area contributed by atoms with Crippen molar-refractivity contribution in [2.45, 2.75) is 40.2 Å². The van der Waals surface area contributed by atoms with E-state index < -0.39 is 0 Å². The molecule has 6 heteroatoms. The molecule has 1 heterocycles. The largest absolute Gasteiger partial charge is 0.352 e. The Kier molecular flexibility index (Phi) is 7.05. The molecule has 1 aromatic carbocycles. The summed E-state index contributed by atoms with van der Waals surface area (Å²) >= 11 is 0. The van der Waals surface area contributed by atoms with Crippen molar-refractivity contribution >= 4 is 24.0 Å². The number of hydrogen-bond donors (Lipinski definition) is 0. The van der Waals surface area contributed by atoms with Gasteiger partial charge >= 0.3 is 5.69 Å². The molecule has 2 rings (SSSR count). The standard InChI is InChI=1S/C16H22N4O.ClH/c1-4-6-12-20-13(3)17-15(18-16(20)21)19(5-2)14-10-8-7-9-11-14;/h7-11H,4-6,12H2,1-3H3;1H. The summed E-state index contributed by atoms with van der Waals surface area (Å²) in [5.74, 6) is 1.19. The second-order valence-corrected chi connectivity index (χ2v) is 4.94. The van der Waals surface area contributed by atoms with Crippen LogP contribution >= 0.6 is 12.4 Å². The predicted molar refractivity (Wildman–Crippen MR) is 92.3 cm³/mol. The van der Waals surface area contributed by atoms with Crippen LogP contribution in [0, 0.1) is 6.92 Å². The van der Waals surface area contributed by atoms with Gasteiger partial charge in [0.05, 0.1) is 0 Å². The van der Waals surface area contributed by atoms with E-state index in [-0.39, 0.29) is 18.1 Å². The second-order valence-electron chi connectivity index (χ2n) is 4.94. The number of halogens is 1. The van der Waals surface area contributed by atoms with Crippen LogP contribution < -0.4 is 10.6 Å². The summed E-state index contributed by atoms with van der Waals surface area (Å²) < 4.78 is 1.64. The molecule has 0 fully saturated rings. The third-order valence-electron chi connectivity index (χ3n) is 3.44. The maximum Gasteiger partial charge on any atom is 0.352 e. The Hall–Kier alpha value is -1.88. The van der Waals surface area contributed by atoms with Gasteiger partial charge in [-0.2, -0.15) is 9.97 Å². The summed E-state index contributed by atoms with van der Waals surface area (Å²) in [4.78, 5) is 22.8. The normalized spacial score (nSPS) is 10.1. The maximum atomic E-state index is 12.2. The van der Waals surface area contributed by atoms with Gasteiger partial charge in [0.1, 0.15) is 5.82 Å². The molecule has 0 N–H and O–H groups in total. The Morgan fingerprint density at radius 2 is 1.82 bits per heavy atom. The molecule has 0 spiro atoms. The summed E-state index contributed by atoms with van der Waals surface area (Å²) in [5.41, 5.74) is 0.769. The summed E-state index contributed by atoms with van der Waals surface area (Å²) in [6.45, 7) is 7.37. The fraction of sp³-hybridized carbons (Fsp3) is 0.438. The number of benzene rings is 1. The molecule has 1 aromatic heterocycles. The average Bonchev–Trinajstić information content (AvgIpc) is 2.48. The lowest BCUT2D eigenvalue weighted by Gasteiger charge is -2.21. The van der Waals surface area contributed by atoms with E-state index in [9.17, 15) is 4.79 Å². The number of nitrogens with zero attached hydrogens (tertiary/aromatic N) is 4. The van der Waals surface area contributed by atoms with Gasteiger partial charge in [-0.1, -0.05) is 31.5 Å². The van der Waals surface area contributed by atoms with E-state index in [1.807, 2.05) is 49.1 Å². The number of anilines is 2. The molecule has 0 bridgehead atoms. The highest BCUT2D eigenvalue weighted by molar-refractivity contribution is 5.85. The zero-order chi connectivity index (χ0) is 15.2. The van der Waals surface area contributed by atoms with Crippen LogP contribution in [0.15, 0.2) is 35.1 Å². The third-order valence-corrected chi connectivity index (χ3v) is 3.44. The third kappa shape index (κ3) is 4.07. The van der Waals surface area contributed by atoms with Gasteiger partial charge in [0.25, 0.3) is 0 Å². The SMILES string of the molecule is CCCCn1c(C)nc(N(CC)c2ccccc2)nc1=O.Cl. The zero-order valence-electron chi connectivity index (χ0n) is 13.3. The van der Waals surface area contributed by atoms with E-state index >= 15 is 0 Å². The highest BCUT2D eigenvalue weighted by atomic mass is 35.5. The Labute approximate surface area is 137 Å². The van der Waals surface area contributed by atoms with E-state index in [0.29, 0.717) is 24.9 Å². The Bertz CT molecular complexity index is 642. The van der Waals surface area contributed by atoms with Gasteiger partial charge in [0.15, 0.2) is 0 Å². The molecule has 0 saturated heterocycles. The smallest absolute Gasteiger partial charge is 0.311 e. The number of aryl methyl sites for hydroxylation is 1. The molecule has 0 saturated carbocycles. The molecule has 0 amide bonds. The molecular formula is C16H23ClN4O. The summed E-state index contributed by atoms with van der Waals surface area (Å²) in [6, 6.07) is 9.88. The topological polar surface area (TPSA) is 51.0 Å². The second kappa shape index (κ2) is 8.54. The van der Waals surface area contributed by atoms with Crippen molar-refractivity contribution in [3.63, 3.8) is 0 Å². The fourth-order valence-electron chi connectivity index (χ4n) is 2.26. The molecule has 0 atom stereocenters. The molecule has 0 radical (unpaired) electrons. The van der Waals surface area contributed by atoms with E-state index in [1.54, 1.807) is 4.57 Å². The Balaban J connectivity index is 0.00000242. The molecular weight excluding hydrogens is 300 g/mol. The van der Waals surface area contributed by atoms with Crippen molar-refractivity contribution in [1.82, 2.24) is 14.5 Å². The first-order valence-corrected chi connectivity index (χ1v) is 7.45. The van der Waals surface area contributed by atoms with Gasteiger partial charge in [-0.3, -0.25) is 4.57 Å². The van der Waals surface area contributed by atoms with E-state index in [2.05, 4.69) is 16.9 Å². The van der Waals surface area contributed by atoms with Crippen molar-refractivity contribution in [2.24, 2.45) is 0 Å². The molecule has 2 aromatic rings. The van der Waals surface area contributed by atoms with E-state index in [0.717, 1.165) is 18.5 Å². The van der Waals surface area contributed by atoms with Crippen molar-refractivity contribution < 1.29 is 0 Å². The molecule has 0 unspecified atom stereocenters. The van der Waals surface area contributed by atoms with Crippen molar-refractivity contribution in [1.29, 1.82) is 0 Å². The Morgan fingerprint density at radius 1 is 1.14 bits per heavy atom. The highest BCUT2D eigenvalue weighted by Crippen LogP contribution is 2.20. The number of para-hydroxylation sites is 1. The predicted octanol–water partition coefficient (Wildman–Crippen LogP) is 3.33. The lowest BCUT2D eigenvalue weighted by Crippen LogP contribution is -2.30. The van der Waals surface area contributed by atoms with Gasteiger partial charge in [0, 0.05) is 18.8 Å². The minimum Gasteiger partial charge on any atom is -0.311 e. The van der Waals surface area contributed by atoms with E-state index in [1.165, 1.54) is 0 Å². The lowest BCUT2D eigenvalue weighted by molar-refractivity contribution is 0.568. The van der Waals surface area contributed by atoms with Crippen LogP contribution in [-0.4, -0.2) is 21.1 Å². The molecule has 0 aliphatic rings. The van der Waals surface area contributed by atoms with Crippen LogP contribution in [0.25, 0.3) is 0 Å². The maximum absolute atomic E-state index is 12.2. The van der Waals surface area contributed by atoms with Gasteiger partial charge in [-0.15, -0.1) is 12.4 Å². The average molecular weight is 323 g/mol. The summed E-state index contributed by atoms with van der Waals surface area (Å²) in [5, 5.41) is 0. The number of rotatable bonds is 6. The van der Waals surface area contributed by atoms with Crippen LogP contribution in [0.3, 0.4) is 0 Å². The van der Waals surface area contributed by atoms with Crippen molar-refractivity contribution in [2.75, 3.05) is 11.4 Å². The number of unbranched alkanes of at least 4 members (excludes halogenated alkanes) is 1. The van der Waals surface area contributed by atoms with Gasteiger partial charge < -0.3 is 4.90 Å².